The molecule has 0 aliphatic carbocycles. The summed E-state index contributed by atoms with van der Waals surface area (Å²) in [4.78, 5) is 34.8. The number of esters is 1. The van der Waals surface area contributed by atoms with Gasteiger partial charge in [0.25, 0.3) is 5.56 Å². The quantitative estimate of drug-likeness (QED) is 0.764. The lowest BCUT2D eigenvalue weighted by Crippen LogP contribution is -2.42. The highest BCUT2D eigenvalue weighted by Gasteiger charge is 2.14. The predicted molar refractivity (Wildman–Crippen MR) is 65.1 cm³/mol. The molecule has 0 bridgehead atoms. The van der Waals surface area contributed by atoms with Crippen molar-refractivity contribution < 1.29 is 9.53 Å². The molecule has 0 aliphatic heterocycles. The Balaban J connectivity index is 3.40. The van der Waals surface area contributed by atoms with Crippen LogP contribution in [-0.2, 0) is 16.1 Å². The zero-order chi connectivity index (χ0) is 13.2. The molecule has 0 amide bonds. The molecule has 0 atom stereocenters. The molecule has 0 saturated heterocycles. The Morgan fingerprint density at radius 1 is 1.47 bits per heavy atom. The maximum absolute atomic E-state index is 11.9. The van der Waals surface area contributed by atoms with Gasteiger partial charge in [-0.1, -0.05) is 0 Å². The number of carbonyl (C=O) groups is 1. The average molecular weight is 305 g/mol. The normalized spacial score (nSPS) is 10.6. The molecule has 0 aromatic carbocycles. The Hall–Kier alpha value is -1.37. The molecule has 0 unspecified atom stereocenters. The highest BCUT2D eigenvalue weighted by atomic mass is 79.9. The molecule has 0 radical (unpaired) electrons. The predicted octanol–water partition coefficient (Wildman–Crippen LogP) is 0.526. The van der Waals surface area contributed by atoms with Gasteiger partial charge in [-0.05, 0) is 29.8 Å². The number of rotatable bonds is 3. The van der Waals surface area contributed by atoms with Crippen LogP contribution in [0.1, 0.15) is 19.9 Å². The van der Waals surface area contributed by atoms with Crippen LogP contribution >= 0.6 is 15.9 Å². The highest BCUT2D eigenvalue weighted by Crippen LogP contribution is 2.03. The van der Waals surface area contributed by atoms with Crippen LogP contribution < -0.4 is 11.2 Å². The van der Waals surface area contributed by atoms with Gasteiger partial charge in [0.15, 0.2) is 0 Å². The molecule has 0 saturated carbocycles. The number of aromatic nitrogens is 2. The van der Waals surface area contributed by atoms with Gasteiger partial charge < -0.3 is 4.74 Å². The van der Waals surface area contributed by atoms with Crippen LogP contribution in [0.25, 0.3) is 0 Å². The molecule has 0 fully saturated rings. The standard InChI is InChI=1S/C10H13BrN2O4/c1-6(2)13-9(15)7(11)4-12(10(13)16)5-8(14)17-3/h4,6H,5H2,1-3H3. The lowest BCUT2D eigenvalue weighted by atomic mass is 10.4. The third-order valence-electron chi connectivity index (χ3n) is 2.19. The molecule has 0 spiro atoms. The van der Waals surface area contributed by atoms with E-state index in [9.17, 15) is 14.4 Å². The number of halogens is 1. The van der Waals surface area contributed by atoms with Crippen LogP contribution in [0.15, 0.2) is 20.3 Å². The maximum atomic E-state index is 11.9. The van der Waals surface area contributed by atoms with E-state index in [4.69, 9.17) is 0 Å². The van der Waals surface area contributed by atoms with Crippen molar-refractivity contribution in [3.05, 3.63) is 31.5 Å². The Kier molecular flexibility index (Phi) is 4.28. The van der Waals surface area contributed by atoms with E-state index in [1.54, 1.807) is 13.8 Å². The van der Waals surface area contributed by atoms with Gasteiger partial charge in [-0.2, -0.15) is 0 Å². The van der Waals surface area contributed by atoms with Gasteiger partial charge in [0.2, 0.25) is 0 Å². The lowest BCUT2D eigenvalue weighted by Gasteiger charge is -2.12. The number of hydrogen-bond acceptors (Lipinski definition) is 4. The largest absolute Gasteiger partial charge is 0.468 e. The minimum absolute atomic E-state index is 0.221. The van der Waals surface area contributed by atoms with Crippen molar-refractivity contribution >= 4 is 21.9 Å². The van der Waals surface area contributed by atoms with Crippen molar-refractivity contribution in [1.29, 1.82) is 0 Å². The maximum Gasteiger partial charge on any atom is 0.331 e. The number of ether oxygens (including phenoxy) is 1. The topological polar surface area (TPSA) is 70.3 Å². The second kappa shape index (κ2) is 5.31. The van der Waals surface area contributed by atoms with Gasteiger partial charge in [0, 0.05) is 12.2 Å². The van der Waals surface area contributed by atoms with E-state index < -0.39 is 17.2 Å². The number of nitrogens with zero attached hydrogens (tertiary/aromatic N) is 2. The van der Waals surface area contributed by atoms with Crippen molar-refractivity contribution in [3.8, 4) is 0 Å². The highest BCUT2D eigenvalue weighted by molar-refractivity contribution is 9.10. The summed E-state index contributed by atoms with van der Waals surface area (Å²) in [5.74, 6) is -0.548. The van der Waals surface area contributed by atoms with Crippen LogP contribution in [0, 0.1) is 0 Å². The van der Waals surface area contributed by atoms with Gasteiger partial charge in [-0.25, -0.2) is 4.79 Å². The second-order valence-electron chi connectivity index (χ2n) is 3.73. The first-order chi connectivity index (χ1) is 7.88. The molecule has 1 aromatic heterocycles. The van der Waals surface area contributed by atoms with Gasteiger partial charge >= 0.3 is 11.7 Å². The van der Waals surface area contributed by atoms with E-state index in [0.717, 1.165) is 9.13 Å². The van der Waals surface area contributed by atoms with E-state index in [2.05, 4.69) is 20.7 Å². The van der Waals surface area contributed by atoms with Gasteiger partial charge in [-0.15, -0.1) is 0 Å². The minimum atomic E-state index is -0.548. The van der Waals surface area contributed by atoms with E-state index in [1.165, 1.54) is 13.3 Å². The Bertz CT molecular complexity index is 544. The first kappa shape index (κ1) is 13.7. The summed E-state index contributed by atoms with van der Waals surface area (Å²) in [6.07, 6.45) is 1.29. The average Bonchev–Trinajstić information content (AvgIpc) is 2.25. The third kappa shape index (κ3) is 2.85. The van der Waals surface area contributed by atoms with Crippen molar-refractivity contribution in [3.63, 3.8) is 0 Å². The van der Waals surface area contributed by atoms with Crippen LogP contribution in [0.5, 0.6) is 0 Å². The van der Waals surface area contributed by atoms with Gasteiger partial charge in [0.05, 0.1) is 11.6 Å². The first-order valence-corrected chi connectivity index (χ1v) is 5.76. The third-order valence-corrected chi connectivity index (χ3v) is 2.73. The molecule has 7 heteroatoms. The van der Waals surface area contributed by atoms with Gasteiger partial charge in [-0.3, -0.25) is 18.7 Å². The van der Waals surface area contributed by atoms with Crippen LogP contribution in [0.4, 0.5) is 0 Å². The van der Waals surface area contributed by atoms with Crippen molar-refractivity contribution in [2.24, 2.45) is 0 Å². The van der Waals surface area contributed by atoms with Crippen LogP contribution in [-0.4, -0.2) is 22.2 Å². The molecular formula is C10H13BrN2O4. The summed E-state index contributed by atoms with van der Waals surface area (Å²) in [7, 11) is 1.24. The fourth-order valence-electron chi connectivity index (χ4n) is 1.36. The molecule has 1 rings (SSSR count). The van der Waals surface area contributed by atoms with Crippen molar-refractivity contribution in [2.45, 2.75) is 26.4 Å². The summed E-state index contributed by atoms with van der Waals surface area (Å²) in [5.41, 5.74) is -0.940. The van der Waals surface area contributed by atoms with Crippen LogP contribution in [0.3, 0.4) is 0 Å². The van der Waals surface area contributed by atoms with E-state index in [0.29, 0.717) is 0 Å². The first-order valence-electron chi connectivity index (χ1n) is 4.96. The Morgan fingerprint density at radius 3 is 2.53 bits per heavy atom. The molecule has 94 valence electrons. The molecular weight excluding hydrogens is 292 g/mol. The number of hydrogen-bond donors (Lipinski definition) is 0. The summed E-state index contributed by atoms with van der Waals surface area (Å²) in [6, 6.07) is -0.281. The summed E-state index contributed by atoms with van der Waals surface area (Å²) < 4.78 is 6.92. The number of methoxy groups -OCH3 is 1. The number of carbonyl (C=O) groups excluding carboxylic acids is 1. The van der Waals surface area contributed by atoms with Crippen LogP contribution in [0.2, 0.25) is 0 Å². The molecule has 0 aliphatic rings. The molecule has 6 nitrogen and oxygen atoms in total. The summed E-state index contributed by atoms with van der Waals surface area (Å²) >= 11 is 3.07. The van der Waals surface area contributed by atoms with Crippen molar-refractivity contribution in [1.82, 2.24) is 9.13 Å². The SMILES string of the molecule is COC(=O)Cn1cc(Br)c(=O)n(C(C)C)c1=O. The van der Waals surface area contributed by atoms with Gasteiger partial charge in [0.1, 0.15) is 6.54 Å². The molecule has 0 N–H and O–H groups in total. The smallest absolute Gasteiger partial charge is 0.331 e. The second-order valence-corrected chi connectivity index (χ2v) is 4.59. The summed E-state index contributed by atoms with van der Waals surface area (Å²) in [5, 5.41) is 0. The Labute approximate surface area is 106 Å². The molecule has 1 aromatic rings. The van der Waals surface area contributed by atoms with Crippen molar-refractivity contribution in [2.75, 3.05) is 7.11 Å². The van der Waals surface area contributed by atoms with E-state index >= 15 is 0 Å². The fourth-order valence-corrected chi connectivity index (χ4v) is 1.80. The Morgan fingerprint density at radius 2 is 2.06 bits per heavy atom. The van der Waals surface area contributed by atoms with E-state index in [1.807, 2.05) is 0 Å². The summed E-state index contributed by atoms with van der Waals surface area (Å²) in [6.45, 7) is 3.22. The molecule has 17 heavy (non-hydrogen) atoms. The fraction of sp³-hybridized carbons (Fsp3) is 0.500. The lowest BCUT2D eigenvalue weighted by molar-refractivity contribution is -0.141. The molecule has 1 heterocycles. The minimum Gasteiger partial charge on any atom is -0.468 e. The monoisotopic (exact) mass is 304 g/mol. The van der Waals surface area contributed by atoms with E-state index in [-0.39, 0.29) is 17.1 Å². The zero-order valence-electron chi connectivity index (χ0n) is 9.77. The zero-order valence-corrected chi connectivity index (χ0v) is 11.4.